The van der Waals surface area contributed by atoms with E-state index in [1.54, 1.807) is 30.3 Å². The van der Waals surface area contributed by atoms with Crippen molar-refractivity contribution in [3.8, 4) is 11.3 Å². The molecule has 2 heterocycles. The van der Waals surface area contributed by atoms with Crippen molar-refractivity contribution in [1.29, 1.82) is 0 Å². The molecule has 1 aromatic heterocycles. The third-order valence-electron chi connectivity index (χ3n) is 5.60. The molecule has 2 atom stereocenters. The summed E-state index contributed by atoms with van der Waals surface area (Å²) in [7, 11) is 2.70. The van der Waals surface area contributed by atoms with Gasteiger partial charge in [0.2, 0.25) is 5.91 Å². The average molecular weight is 508 g/mol. The Labute approximate surface area is 206 Å². The molecule has 194 valence electrons. The van der Waals surface area contributed by atoms with Crippen LogP contribution in [0.1, 0.15) is 30.0 Å². The number of rotatable bonds is 8. The molecule has 0 radical (unpaired) electrons. The van der Waals surface area contributed by atoms with Gasteiger partial charge in [0.15, 0.2) is 5.76 Å². The second-order valence-electron chi connectivity index (χ2n) is 8.65. The van der Waals surface area contributed by atoms with Gasteiger partial charge in [0, 0.05) is 26.2 Å². The van der Waals surface area contributed by atoms with E-state index in [0.29, 0.717) is 16.9 Å². The summed E-state index contributed by atoms with van der Waals surface area (Å²) in [4.78, 5) is 36.9. The molecule has 2 aromatic rings. The first kappa shape index (κ1) is 26.8. The van der Waals surface area contributed by atoms with Crippen molar-refractivity contribution in [1.82, 2.24) is 26.4 Å². The number of carbonyl (C=O) groups excluding carboxylic acids is 3. The van der Waals surface area contributed by atoms with Crippen molar-refractivity contribution in [3.63, 3.8) is 0 Å². The van der Waals surface area contributed by atoms with Gasteiger partial charge in [-0.15, -0.1) is 0 Å². The number of halogens is 3. The number of hydrogen-bond donors (Lipinski definition) is 4. The number of nitrogens with zero attached hydrogens (tertiary/aromatic N) is 1. The maximum Gasteiger partial charge on any atom is 0.409 e. The van der Waals surface area contributed by atoms with Gasteiger partial charge in [-0.2, -0.15) is 13.2 Å². The molecule has 0 saturated carbocycles. The zero-order valence-electron chi connectivity index (χ0n) is 20.2. The smallest absolute Gasteiger partial charge is 0.409 e. The van der Waals surface area contributed by atoms with Crippen LogP contribution in [0.4, 0.5) is 13.2 Å². The van der Waals surface area contributed by atoms with Crippen molar-refractivity contribution in [2.45, 2.75) is 38.7 Å². The highest BCUT2D eigenvalue weighted by atomic mass is 19.4. The van der Waals surface area contributed by atoms with Crippen LogP contribution < -0.4 is 21.4 Å². The molecule has 1 aromatic carbocycles. The minimum Gasteiger partial charge on any atom is -0.451 e. The first-order valence-corrected chi connectivity index (χ1v) is 11.2. The van der Waals surface area contributed by atoms with Gasteiger partial charge in [-0.1, -0.05) is 32.0 Å². The lowest BCUT2D eigenvalue weighted by atomic mass is 10.0. The standard InChI is InChI=1S/C24H28F3N5O4/c1-13(2)20(23(35)28-3)30-22(34)18-9-8-17(36-18)15-7-5-6-14(10-15)12-29-21(33)16-11-19(24(25,26)27)32(4)31-16/h5-11,13,19-20,31H,12H2,1-4H3,(H,28,35)(H,29,33)(H,30,34)/t19?,20-/m0/s1. The first-order chi connectivity index (χ1) is 16.9. The summed E-state index contributed by atoms with van der Waals surface area (Å²) in [5, 5.41) is 8.58. The summed E-state index contributed by atoms with van der Waals surface area (Å²) < 4.78 is 44.7. The highest BCUT2D eigenvalue weighted by Gasteiger charge is 2.45. The molecule has 1 aliphatic heterocycles. The van der Waals surface area contributed by atoms with Crippen molar-refractivity contribution in [2.24, 2.45) is 5.92 Å². The Morgan fingerprint density at radius 2 is 1.86 bits per heavy atom. The van der Waals surface area contributed by atoms with Gasteiger partial charge in [0.05, 0.1) is 0 Å². The van der Waals surface area contributed by atoms with E-state index in [1.807, 2.05) is 13.8 Å². The lowest BCUT2D eigenvalue weighted by Gasteiger charge is -2.21. The Balaban J connectivity index is 1.65. The molecular formula is C24H28F3N5O4. The molecule has 0 saturated heterocycles. The topological polar surface area (TPSA) is 116 Å². The molecule has 0 spiro atoms. The number of hydrogen-bond acceptors (Lipinski definition) is 6. The van der Waals surface area contributed by atoms with Gasteiger partial charge in [-0.3, -0.25) is 14.4 Å². The molecule has 9 nitrogen and oxygen atoms in total. The Kier molecular flexibility index (Phi) is 8.08. The van der Waals surface area contributed by atoms with Crippen molar-refractivity contribution >= 4 is 17.7 Å². The van der Waals surface area contributed by atoms with Gasteiger partial charge in [-0.05, 0) is 35.8 Å². The average Bonchev–Trinajstić information content (AvgIpc) is 3.47. The zero-order chi connectivity index (χ0) is 26.6. The lowest BCUT2D eigenvalue weighted by Crippen LogP contribution is -2.48. The van der Waals surface area contributed by atoms with Gasteiger partial charge in [0.25, 0.3) is 11.8 Å². The molecule has 12 heteroatoms. The van der Waals surface area contributed by atoms with Crippen LogP contribution in [0, 0.1) is 5.92 Å². The number of carbonyl (C=O) groups is 3. The van der Waals surface area contributed by atoms with Gasteiger partial charge >= 0.3 is 6.18 Å². The van der Waals surface area contributed by atoms with Crippen LogP contribution in [0.5, 0.6) is 0 Å². The van der Waals surface area contributed by atoms with Crippen LogP contribution >= 0.6 is 0 Å². The zero-order valence-corrected chi connectivity index (χ0v) is 20.2. The van der Waals surface area contributed by atoms with E-state index in [4.69, 9.17) is 4.42 Å². The quantitative estimate of drug-likeness (QED) is 0.436. The SMILES string of the molecule is CNC(=O)[C@@H](NC(=O)c1ccc(-c2cccc(CNC(=O)C3=CC(C(F)(F)F)N(C)N3)c2)o1)C(C)C. The number of benzene rings is 1. The van der Waals surface area contributed by atoms with Crippen LogP contribution in [0.3, 0.4) is 0 Å². The van der Waals surface area contributed by atoms with Crippen LogP contribution in [0.25, 0.3) is 11.3 Å². The van der Waals surface area contributed by atoms with Crippen molar-refractivity contribution in [3.05, 3.63) is 59.5 Å². The summed E-state index contributed by atoms with van der Waals surface area (Å²) >= 11 is 0. The second-order valence-corrected chi connectivity index (χ2v) is 8.65. The number of furan rings is 1. The molecule has 1 unspecified atom stereocenters. The lowest BCUT2D eigenvalue weighted by molar-refractivity contribution is -0.168. The summed E-state index contributed by atoms with van der Waals surface area (Å²) in [5.74, 6) is -1.24. The minimum atomic E-state index is -4.50. The molecule has 3 rings (SSSR count). The Morgan fingerprint density at radius 3 is 2.47 bits per heavy atom. The Morgan fingerprint density at radius 1 is 1.14 bits per heavy atom. The largest absolute Gasteiger partial charge is 0.451 e. The first-order valence-electron chi connectivity index (χ1n) is 11.2. The van der Waals surface area contributed by atoms with E-state index < -0.39 is 30.1 Å². The third kappa shape index (κ3) is 6.25. The summed E-state index contributed by atoms with van der Waals surface area (Å²) in [6.07, 6.45) is -3.68. The maximum absolute atomic E-state index is 13.0. The maximum atomic E-state index is 13.0. The van der Waals surface area contributed by atoms with E-state index in [2.05, 4.69) is 21.4 Å². The molecule has 36 heavy (non-hydrogen) atoms. The fourth-order valence-corrected chi connectivity index (χ4v) is 3.64. The number of amides is 3. The van der Waals surface area contributed by atoms with Gasteiger partial charge < -0.3 is 25.8 Å². The van der Waals surface area contributed by atoms with Crippen LogP contribution in [0.15, 0.2) is 52.6 Å². The van der Waals surface area contributed by atoms with E-state index in [-0.39, 0.29) is 29.8 Å². The molecular weight excluding hydrogens is 479 g/mol. The molecule has 0 bridgehead atoms. The van der Waals surface area contributed by atoms with E-state index >= 15 is 0 Å². The van der Waals surface area contributed by atoms with Crippen molar-refractivity contribution < 1.29 is 32.0 Å². The summed E-state index contributed by atoms with van der Waals surface area (Å²) in [6, 6.07) is 7.42. The highest BCUT2D eigenvalue weighted by Crippen LogP contribution is 2.28. The van der Waals surface area contributed by atoms with Crippen LogP contribution in [-0.4, -0.2) is 55.1 Å². The number of hydrazine groups is 1. The summed E-state index contributed by atoms with van der Waals surface area (Å²) in [5.41, 5.74) is 3.52. The summed E-state index contributed by atoms with van der Waals surface area (Å²) in [6.45, 7) is 3.68. The Bertz CT molecular complexity index is 1160. The minimum absolute atomic E-state index is 0.0286. The molecule has 0 aliphatic carbocycles. The fraction of sp³-hybridized carbons (Fsp3) is 0.375. The predicted octanol–water partition coefficient (Wildman–Crippen LogP) is 2.33. The van der Waals surface area contributed by atoms with Crippen molar-refractivity contribution in [2.75, 3.05) is 14.1 Å². The van der Waals surface area contributed by atoms with Crippen LogP contribution in [-0.2, 0) is 16.1 Å². The van der Waals surface area contributed by atoms with Gasteiger partial charge in [0.1, 0.15) is 23.5 Å². The number of alkyl halides is 3. The predicted molar refractivity (Wildman–Crippen MR) is 125 cm³/mol. The van der Waals surface area contributed by atoms with Gasteiger partial charge in [-0.25, -0.2) is 5.01 Å². The number of likely N-dealkylation sites (N-methyl/N-ethyl adjacent to an activating group) is 2. The molecule has 1 aliphatic rings. The Hall–Kier alpha value is -3.80. The highest BCUT2D eigenvalue weighted by molar-refractivity contribution is 5.96. The van der Waals surface area contributed by atoms with Crippen LogP contribution in [0.2, 0.25) is 0 Å². The molecule has 0 fully saturated rings. The molecule has 4 N–H and O–H groups in total. The molecule has 3 amide bonds. The normalized spacial score (nSPS) is 16.8. The second kappa shape index (κ2) is 10.9. The fourth-order valence-electron chi connectivity index (χ4n) is 3.64. The van der Waals surface area contributed by atoms with E-state index in [0.717, 1.165) is 11.1 Å². The van der Waals surface area contributed by atoms with E-state index in [1.165, 1.54) is 20.2 Å². The third-order valence-corrected chi connectivity index (χ3v) is 5.60. The monoisotopic (exact) mass is 507 g/mol. The number of nitrogens with one attached hydrogen (secondary N) is 4. The van der Waals surface area contributed by atoms with E-state index in [9.17, 15) is 27.6 Å².